The lowest BCUT2D eigenvalue weighted by Gasteiger charge is -2.33. The van der Waals surface area contributed by atoms with Crippen molar-refractivity contribution in [1.82, 2.24) is 25.0 Å². The van der Waals surface area contributed by atoms with Crippen molar-refractivity contribution < 1.29 is 9.53 Å². The molecule has 4 heterocycles. The van der Waals surface area contributed by atoms with Gasteiger partial charge in [-0.05, 0) is 52.4 Å². The number of ether oxygens (including phenoxy) is 1. The van der Waals surface area contributed by atoms with Crippen LogP contribution in [0.5, 0.6) is 0 Å². The zero-order chi connectivity index (χ0) is 22.2. The predicted octanol–water partition coefficient (Wildman–Crippen LogP) is 3.33. The van der Waals surface area contributed by atoms with Crippen molar-refractivity contribution in [3.63, 3.8) is 0 Å². The van der Waals surface area contributed by atoms with Crippen LogP contribution in [0.2, 0.25) is 0 Å². The summed E-state index contributed by atoms with van der Waals surface area (Å²) in [5, 5.41) is 8.03. The van der Waals surface area contributed by atoms with Gasteiger partial charge in [0.05, 0.1) is 12.2 Å². The van der Waals surface area contributed by atoms with Crippen molar-refractivity contribution in [1.29, 1.82) is 0 Å². The Hall–Kier alpha value is -2.87. The number of nitrogens with zero attached hydrogens (tertiary/aromatic N) is 5. The normalized spacial score (nSPS) is 17.1. The first kappa shape index (κ1) is 21.4. The van der Waals surface area contributed by atoms with Gasteiger partial charge >= 0.3 is 6.09 Å². The number of anilines is 1. The first-order chi connectivity index (χ1) is 14.7. The van der Waals surface area contributed by atoms with Crippen LogP contribution in [-0.4, -0.2) is 64.6 Å². The molecule has 8 nitrogen and oxygen atoms in total. The molecule has 31 heavy (non-hydrogen) atoms. The van der Waals surface area contributed by atoms with Gasteiger partial charge in [0.1, 0.15) is 17.1 Å². The molecule has 0 unspecified atom stereocenters. The highest BCUT2D eigenvalue weighted by atomic mass is 16.6. The standard InChI is InChI=1S/C23H32N6O2/c1-6-17-13-18-19(15-24-17)29(22(30)31-23(2,3)4)26-21(18)16-7-8-20(25-14-16)28-11-9-27(5)10-12-28/h7-8,13-14,24H,6,9-12,15H2,1-5H3. The van der Waals surface area contributed by atoms with Crippen molar-refractivity contribution in [3.05, 3.63) is 35.3 Å². The maximum atomic E-state index is 12.8. The first-order valence-electron chi connectivity index (χ1n) is 10.9. The molecule has 0 bridgehead atoms. The number of rotatable bonds is 3. The van der Waals surface area contributed by atoms with Gasteiger partial charge in [-0.15, -0.1) is 0 Å². The van der Waals surface area contributed by atoms with Crippen LogP contribution in [0.1, 0.15) is 45.4 Å². The Labute approximate surface area is 183 Å². The summed E-state index contributed by atoms with van der Waals surface area (Å²) in [7, 11) is 2.14. The van der Waals surface area contributed by atoms with Crippen molar-refractivity contribution in [3.8, 4) is 11.3 Å². The number of hydrogen-bond donors (Lipinski definition) is 1. The molecule has 2 aromatic rings. The van der Waals surface area contributed by atoms with E-state index in [-0.39, 0.29) is 0 Å². The summed E-state index contributed by atoms with van der Waals surface area (Å²) in [4.78, 5) is 22.2. The van der Waals surface area contributed by atoms with E-state index in [0.29, 0.717) is 6.54 Å². The zero-order valence-electron chi connectivity index (χ0n) is 19.1. The Kier molecular flexibility index (Phi) is 5.75. The maximum absolute atomic E-state index is 12.8. The molecule has 166 valence electrons. The predicted molar refractivity (Wildman–Crippen MR) is 122 cm³/mol. The molecule has 0 aromatic carbocycles. The summed E-state index contributed by atoms with van der Waals surface area (Å²) >= 11 is 0. The average Bonchev–Trinajstić information content (AvgIpc) is 3.12. The van der Waals surface area contributed by atoms with Crippen molar-refractivity contribution in [2.24, 2.45) is 0 Å². The number of fused-ring (bicyclic) bond motifs is 1. The van der Waals surface area contributed by atoms with E-state index >= 15 is 0 Å². The maximum Gasteiger partial charge on any atom is 0.435 e. The van der Waals surface area contributed by atoms with Crippen LogP contribution in [0.15, 0.2) is 24.0 Å². The fraction of sp³-hybridized carbons (Fsp3) is 0.522. The summed E-state index contributed by atoms with van der Waals surface area (Å²) < 4.78 is 6.98. The van der Waals surface area contributed by atoms with E-state index in [1.54, 1.807) is 0 Å². The molecular weight excluding hydrogens is 392 g/mol. The van der Waals surface area contributed by atoms with Gasteiger partial charge in [0.2, 0.25) is 0 Å². The van der Waals surface area contributed by atoms with Crippen LogP contribution < -0.4 is 10.2 Å². The highest BCUT2D eigenvalue weighted by molar-refractivity contribution is 5.80. The molecule has 0 atom stereocenters. The van der Waals surface area contributed by atoms with Gasteiger partial charge in [-0.1, -0.05) is 6.92 Å². The number of carbonyl (C=O) groups excluding carboxylic acids is 1. The molecule has 8 heteroatoms. The number of aromatic nitrogens is 3. The van der Waals surface area contributed by atoms with Crippen LogP contribution in [0.4, 0.5) is 10.6 Å². The van der Waals surface area contributed by atoms with Crippen LogP contribution in [-0.2, 0) is 11.3 Å². The second-order valence-corrected chi connectivity index (χ2v) is 9.17. The molecule has 0 spiro atoms. The molecule has 1 N–H and O–H groups in total. The van der Waals surface area contributed by atoms with E-state index in [2.05, 4.69) is 40.3 Å². The third kappa shape index (κ3) is 4.58. The fourth-order valence-corrected chi connectivity index (χ4v) is 3.85. The fourth-order valence-electron chi connectivity index (χ4n) is 3.85. The summed E-state index contributed by atoms with van der Waals surface area (Å²) in [6.07, 6.45) is 4.36. The van der Waals surface area contributed by atoms with Gasteiger partial charge in [-0.3, -0.25) is 0 Å². The molecular formula is C23H32N6O2. The lowest BCUT2D eigenvalue weighted by Crippen LogP contribution is -2.44. The Morgan fingerprint density at radius 2 is 1.94 bits per heavy atom. The van der Waals surface area contributed by atoms with Crippen LogP contribution >= 0.6 is 0 Å². The molecule has 0 radical (unpaired) electrons. The van der Waals surface area contributed by atoms with Gasteiger partial charge in [0.25, 0.3) is 0 Å². The van der Waals surface area contributed by atoms with Gasteiger partial charge in [-0.25, -0.2) is 9.78 Å². The number of pyridine rings is 1. The molecule has 2 aromatic heterocycles. The van der Waals surface area contributed by atoms with Gasteiger partial charge < -0.3 is 19.9 Å². The van der Waals surface area contributed by atoms with E-state index in [0.717, 1.165) is 66.6 Å². The van der Waals surface area contributed by atoms with Gasteiger partial charge in [-0.2, -0.15) is 9.78 Å². The largest absolute Gasteiger partial charge is 0.442 e. The summed E-state index contributed by atoms with van der Waals surface area (Å²) in [5.74, 6) is 0.976. The number of hydrogen-bond acceptors (Lipinski definition) is 7. The monoisotopic (exact) mass is 424 g/mol. The average molecular weight is 425 g/mol. The number of allylic oxidation sites excluding steroid dienone is 1. The van der Waals surface area contributed by atoms with E-state index in [1.807, 2.05) is 39.1 Å². The summed E-state index contributed by atoms with van der Waals surface area (Å²) in [6.45, 7) is 12.2. The second-order valence-electron chi connectivity index (χ2n) is 9.17. The van der Waals surface area contributed by atoms with Crippen molar-refractivity contribution in [2.75, 3.05) is 38.1 Å². The van der Waals surface area contributed by atoms with E-state index in [1.165, 1.54) is 4.68 Å². The highest BCUT2D eigenvalue weighted by Crippen LogP contribution is 2.31. The SMILES string of the molecule is CCC1=Cc2c(-c3ccc(N4CCN(C)CC4)nc3)nn(C(=O)OC(C)(C)C)c2CN1. The van der Waals surface area contributed by atoms with Gasteiger partial charge in [0, 0.05) is 49.2 Å². The minimum Gasteiger partial charge on any atom is -0.442 e. The van der Waals surface area contributed by atoms with Crippen LogP contribution in [0, 0.1) is 0 Å². The van der Waals surface area contributed by atoms with E-state index < -0.39 is 11.7 Å². The zero-order valence-corrected chi connectivity index (χ0v) is 19.1. The molecule has 1 saturated heterocycles. The van der Waals surface area contributed by atoms with Crippen LogP contribution in [0.3, 0.4) is 0 Å². The number of likely N-dealkylation sites (N-methyl/N-ethyl adjacent to an activating group) is 1. The lowest BCUT2D eigenvalue weighted by molar-refractivity contribution is 0.0509. The third-order valence-corrected chi connectivity index (χ3v) is 5.62. The minimum absolute atomic E-state index is 0.466. The smallest absolute Gasteiger partial charge is 0.435 e. The topological polar surface area (TPSA) is 75.5 Å². The minimum atomic E-state index is -0.589. The second kappa shape index (κ2) is 8.34. The summed E-state index contributed by atoms with van der Waals surface area (Å²) in [5.41, 5.74) is 3.95. The van der Waals surface area contributed by atoms with Crippen molar-refractivity contribution in [2.45, 2.75) is 46.3 Å². The number of carbonyl (C=O) groups is 1. The van der Waals surface area contributed by atoms with Crippen molar-refractivity contribution >= 4 is 18.0 Å². The Bertz CT molecular complexity index is 979. The Morgan fingerprint density at radius 3 is 2.55 bits per heavy atom. The molecule has 2 aliphatic rings. The summed E-state index contributed by atoms with van der Waals surface area (Å²) in [6, 6.07) is 4.09. The molecule has 4 rings (SSSR count). The molecule has 1 fully saturated rings. The first-order valence-corrected chi connectivity index (χ1v) is 10.9. The van der Waals surface area contributed by atoms with Crippen LogP contribution in [0.25, 0.3) is 17.3 Å². The lowest BCUT2D eigenvalue weighted by atomic mass is 10.0. The van der Waals surface area contributed by atoms with E-state index in [4.69, 9.17) is 9.72 Å². The molecule has 0 aliphatic carbocycles. The quantitative estimate of drug-likeness (QED) is 0.810. The molecule has 2 aliphatic heterocycles. The Morgan fingerprint density at radius 1 is 1.19 bits per heavy atom. The molecule has 0 saturated carbocycles. The highest BCUT2D eigenvalue weighted by Gasteiger charge is 2.27. The van der Waals surface area contributed by atoms with E-state index in [9.17, 15) is 4.79 Å². The Balaban J connectivity index is 1.68. The van der Waals surface area contributed by atoms with Gasteiger partial charge in [0.15, 0.2) is 0 Å². The molecule has 0 amide bonds. The number of nitrogens with one attached hydrogen (secondary N) is 1. The number of piperazine rings is 1. The third-order valence-electron chi connectivity index (χ3n) is 5.62.